The van der Waals surface area contributed by atoms with Gasteiger partial charge in [0.1, 0.15) is 13.2 Å². The first kappa shape index (κ1) is 15.0. The fourth-order valence-corrected chi connectivity index (χ4v) is 3.14. The van der Waals surface area contributed by atoms with Crippen molar-refractivity contribution in [3.63, 3.8) is 0 Å². The third kappa shape index (κ3) is 2.49. The first-order chi connectivity index (χ1) is 11.6. The van der Waals surface area contributed by atoms with Crippen LogP contribution >= 0.6 is 15.9 Å². The van der Waals surface area contributed by atoms with Crippen molar-refractivity contribution in [3.8, 4) is 22.8 Å². The number of benzene rings is 2. The number of carbonyl (C=O) groups excluding carboxylic acids is 1. The van der Waals surface area contributed by atoms with E-state index in [9.17, 15) is 9.90 Å². The molecule has 0 radical (unpaired) electrons. The smallest absolute Gasteiger partial charge is 0.170 e. The topological polar surface area (TPSA) is 71.5 Å². The summed E-state index contributed by atoms with van der Waals surface area (Å²) < 4.78 is 12.1. The van der Waals surface area contributed by atoms with Gasteiger partial charge in [-0.05, 0) is 36.4 Å². The van der Waals surface area contributed by atoms with E-state index in [4.69, 9.17) is 9.47 Å². The van der Waals surface area contributed by atoms with Gasteiger partial charge in [-0.2, -0.15) is 0 Å². The minimum Gasteiger partial charge on any atom is -0.545 e. The molecule has 0 fully saturated rings. The molecule has 2 heterocycles. The number of carboxylic acids is 1. The fourth-order valence-electron chi connectivity index (χ4n) is 2.78. The van der Waals surface area contributed by atoms with E-state index in [1.807, 2.05) is 24.3 Å². The summed E-state index contributed by atoms with van der Waals surface area (Å²) >= 11 is 3.35. The lowest BCUT2D eigenvalue weighted by molar-refractivity contribution is -0.254. The van der Waals surface area contributed by atoms with Gasteiger partial charge in [0.15, 0.2) is 11.5 Å². The van der Waals surface area contributed by atoms with Crippen LogP contribution in [0.25, 0.3) is 22.2 Å². The predicted molar refractivity (Wildman–Crippen MR) is 90.2 cm³/mol. The van der Waals surface area contributed by atoms with Gasteiger partial charge in [-0.25, -0.2) is 4.98 Å². The molecule has 5 nitrogen and oxygen atoms in total. The minimum absolute atomic E-state index is 0.0885. The van der Waals surface area contributed by atoms with Crippen molar-refractivity contribution >= 4 is 32.8 Å². The first-order valence-corrected chi connectivity index (χ1v) is 8.13. The Bertz CT molecular complexity index is 971. The van der Waals surface area contributed by atoms with Crippen LogP contribution in [0.3, 0.4) is 0 Å². The van der Waals surface area contributed by atoms with Gasteiger partial charge in [0.25, 0.3) is 0 Å². The molecule has 1 aliphatic heterocycles. The van der Waals surface area contributed by atoms with Crippen LogP contribution in [0, 0.1) is 0 Å². The number of fused-ring (bicyclic) bond motifs is 2. The van der Waals surface area contributed by atoms with E-state index < -0.39 is 5.97 Å². The summed E-state index contributed by atoms with van der Waals surface area (Å²) in [4.78, 5) is 16.2. The molecule has 4 rings (SSSR count). The average molecular weight is 385 g/mol. The Balaban J connectivity index is 1.98. The number of aromatic carboxylic acids is 1. The Labute approximate surface area is 146 Å². The molecule has 3 aromatic rings. The summed E-state index contributed by atoms with van der Waals surface area (Å²) in [6, 6.07) is 12.3. The lowest BCUT2D eigenvalue weighted by Crippen LogP contribution is -2.23. The second kappa shape index (κ2) is 5.79. The van der Waals surface area contributed by atoms with Crippen LogP contribution < -0.4 is 14.6 Å². The molecule has 1 aromatic heterocycles. The van der Waals surface area contributed by atoms with Crippen LogP contribution in [0.15, 0.2) is 46.9 Å². The maximum Gasteiger partial charge on any atom is 0.170 e. The number of hydrogen-bond donors (Lipinski definition) is 0. The van der Waals surface area contributed by atoms with E-state index in [-0.39, 0.29) is 5.56 Å². The second-order valence-electron chi connectivity index (χ2n) is 5.33. The van der Waals surface area contributed by atoms with Crippen LogP contribution in [0.5, 0.6) is 11.5 Å². The standard InChI is InChI=1S/C18H12BrNO4/c19-10-4-5-14-12(8-10)13(18(21)22)9-15(20-14)11-2-1-3-16-17(11)24-7-6-23-16/h1-5,8-9H,6-7H2,(H,21,22)/p-1. The summed E-state index contributed by atoms with van der Waals surface area (Å²) in [7, 11) is 0. The Hall–Kier alpha value is -2.60. The van der Waals surface area contributed by atoms with Crippen molar-refractivity contribution in [2.24, 2.45) is 0 Å². The number of hydrogen-bond acceptors (Lipinski definition) is 5. The van der Waals surface area contributed by atoms with E-state index in [2.05, 4.69) is 20.9 Å². The molecule has 0 spiro atoms. The third-order valence-corrected chi connectivity index (χ3v) is 4.33. The van der Waals surface area contributed by atoms with Crippen molar-refractivity contribution in [2.75, 3.05) is 13.2 Å². The Kier molecular flexibility index (Phi) is 3.61. The molecule has 0 bridgehead atoms. The molecule has 0 N–H and O–H groups in total. The van der Waals surface area contributed by atoms with Crippen LogP contribution in [0.4, 0.5) is 0 Å². The van der Waals surface area contributed by atoms with E-state index >= 15 is 0 Å². The molecule has 6 heteroatoms. The maximum atomic E-state index is 11.6. The maximum absolute atomic E-state index is 11.6. The molecular formula is C18H11BrNO4-. The van der Waals surface area contributed by atoms with Gasteiger partial charge in [-0.15, -0.1) is 0 Å². The zero-order valence-electron chi connectivity index (χ0n) is 12.4. The largest absolute Gasteiger partial charge is 0.545 e. The number of rotatable bonds is 2. The SMILES string of the molecule is O=C([O-])c1cc(-c2cccc3c2OCCO3)nc2ccc(Br)cc12. The van der Waals surface area contributed by atoms with Crippen LogP contribution in [0.2, 0.25) is 0 Å². The predicted octanol–water partition coefficient (Wildman–Crippen LogP) is 2.80. The van der Waals surface area contributed by atoms with Gasteiger partial charge >= 0.3 is 0 Å². The Morgan fingerprint density at radius 3 is 2.79 bits per heavy atom. The quantitative estimate of drug-likeness (QED) is 0.679. The number of pyridine rings is 1. The molecule has 0 saturated carbocycles. The summed E-state index contributed by atoms with van der Waals surface area (Å²) in [5.41, 5.74) is 1.86. The lowest BCUT2D eigenvalue weighted by atomic mass is 10.0. The van der Waals surface area contributed by atoms with Crippen molar-refractivity contribution < 1.29 is 19.4 Å². The van der Waals surface area contributed by atoms with Gasteiger partial charge in [-0.1, -0.05) is 22.0 Å². The van der Waals surface area contributed by atoms with Gasteiger partial charge in [0.05, 0.1) is 17.2 Å². The summed E-state index contributed by atoms with van der Waals surface area (Å²) in [5, 5.41) is 12.1. The van der Waals surface area contributed by atoms with E-state index in [1.54, 1.807) is 12.1 Å². The zero-order chi connectivity index (χ0) is 16.7. The number of ether oxygens (including phenoxy) is 2. The first-order valence-electron chi connectivity index (χ1n) is 7.34. The highest BCUT2D eigenvalue weighted by molar-refractivity contribution is 9.10. The number of carbonyl (C=O) groups is 1. The van der Waals surface area contributed by atoms with Crippen LogP contribution in [-0.4, -0.2) is 24.2 Å². The number of aromatic nitrogens is 1. The van der Waals surface area contributed by atoms with Gasteiger partial charge in [0, 0.05) is 21.0 Å². The third-order valence-electron chi connectivity index (χ3n) is 3.83. The summed E-state index contributed by atoms with van der Waals surface area (Å²) in [6.07, 6.45) is 0. The molecule has 1 aliphatic rings. The molecule has 0 saturated heterocycles. The number of para-hydroxylation sites is 1. The van der Waals surface area contributed by atoms with Gasteiger partial charge in [0.2, 0.25) is 0 Å². The van der Waals surface area contributed by atoms with E-state index in [1.165, 1.54) is 6.07 Å². The average Bonchev–Trinajstić information content (AvgIpc) is 2.60. The molecule has 120 valence electrons. The van der Waals surface area contributed by atoms with Crippen LogP contribution in [-0.2, 0) is 0 Å². The zero-order valence-corrected chi connectivity index (χ0v) is 14.0. The van der Waals surface area contributed by atoms with Crippen LogP contribution in [0.1, 0.15) is 10.4 Å². The van der Waals surface area contributed by atoms with Crippen molar-refractivity contribution in [3.05, 3.63) is 52.5 Å². The van der Waals surface area contributed by atoms with Crippen molar-refractivity contribution in [1.82, 2.24) is 4.98 Å². The fraction of sp³-hybridized carbons (Fsp3) is 0.111. The highest BCUT2D eigenvalue weighted by Crippen LogP contribution is 2.40. The molecule has 0 unspecified atom stereocenters. The van der Waals surface area contributed by atoms with E-state index in [0.717, 1.165) is 4.47 Å². The minimum atomic E-state index is -1.25. The normalized spacial score (nSPS) is 13.0. The lowest BCUT2D eigenvalue weighted by Gasteiger charge is -2.21. The monoisotopic (exact) mass is 384 g/mol. The molecule has 0 amide bonds. The molecule has 0 aliphatic carbocycles. The van der Waals surface area contributed by atoms with Gasteiger partial charge < -0.3 is 19.4 Å². The molecule has 24 heavy (non-hydrogen) atoms. The molecule has 2 aromatic carbocycles. The highest BCUT2D eigenvalue weighted by atomic mass is 79.9. The second-order valence-corrected chi connectivity index (χ2v) is 6.25. The van der Waals surface area contributed by atoms with Crippen molar-refractivity contribution in [1.29, 1.82) is 0 Å². The number of nitrogens with zero attached hydrogens (tertiary/aromatic N) is 1. The summed E-state index contributed by atoms with van der Waals surface area (Å²) in [6.45, 7) is 0.928. The summed E-state index contributed by atoms with van der Waals surface area (Å²) in [5.74, 6) is -0.0350. The molecular weight excluding hydrogens is 374 g/mol. The van der Waals surface area contributed by atoms with E-state index in [0.29, 0.717) is 46.9 Å². The Morgan fingerprint density at radius 2 is 1.96 bits per heavy atom. The highest BCUT2D eigenvalue weighted by Gasteiger charge is 2.19. The van der Waals surface area contributed by atoms with Gasteiger partial charge in [-0.3, -0.25) is 0 Å². The van der Waals surface area contributed by atoms with Crippen molar-refractivity contribution in [2.45, 2.75) is 0 Å². The number of halogens is 1. The number of carboxylic acid groups (broad SMARTS) is 1. The molecule has 0 atom stereocenters. The Morgan fingerprint density at radius 1 is 1.12 bits per heavy atom.